The molecule has 1 fully saturated rings. The van der Waals surface area contributed by atoms with E-state index in [1.165, 1.54) is 6.92 Å². The van der Waals surface area contributed by atoms with E-state index >= 15 is 0 Å². The lowest BCUT2D eigenvalue weighted by molar-refractivity contribution is -0.119. The predicted molar refractivity (Wildman–Crippen MR) is 94.5 cm³/mol. The molecular weight excluding hydrogens is 316 g/mol. The number of nitrogens with one attached hydrogen (secondary N) is 1. The molecule has 6 nitrogen and oxygen atoms in total. The van der Waals surface area contributed by atoms with Gasteiger partial charge in [-0.2, -0.15) is 5.26 Å². The van der Waals surface area contributed by atoms with Gasteiger partial charge in [0.2, 0.25) is 5.91 Å². The van der Waals surface area contributed by atoms with E-state index in [1.54, 1.807) is 19.4 Å². The third kappa shape index (κ3) is 3.72. The first-order valence-corrected chi connectivity index (χ1v) is 8.13. The summed E-state index contributed by atoms with van der Waals surface area (Å²) in [5, 5.41) is 12.0. The fraction of sp³-hybridized carbons (Fsp3) is 0.316. The second kappa shape index (κ2) is 7.22. The van der Waals surface area contributed by atoms with E-state index in [0.717, 1.165) is 23.7 Å². The van der Waals surface area contributed by atoms with Crippen molar-refractivity contribution in [2.45, 2.75) is 18.9 Å². The topological polar surface area (TPSA) is 78.2 Å². The summed E-state index contributed by atoms with van der Waals surface area (Å²) in [7, 11) is 1.64. The number of nitriles is 1. The summed E-state index contributed by atoms with van der Waals surface area (Å²) < 4.78 is 5.22. The lowest BCUT2D eigenvalue weighted by atomic mass is 9.94. The second-order valence-electron chi connectivity index (χ2n) is 6.11. The van der Waals surface area contributed by atoms with Crippen LogP contribution in [0.5, 0.6) is 5.75 Å². The first kappa shape index (κ1) is 16.8. The molecule has 3 rings (SSSR count). The van der Waals surface area contributed by atoms with Gasteiger partial charge in [0, 0.05) is 32.1 Å². The fourth-order valence-corrected chi connectivity index (χ4v) is 3.23. The highest BCUT2D eigenvalue weighted by atomic mass is 16.5. The van der Waals surface area contributed by atoms with Gasteiger partial charge in [0.15, 0.2) is 0 Å². The number of carbonyl (C=O) groups excluding carboxylic acids is 1. The van der Waals surface area contributed by atoms with Crippen molar-refractivity contribution >= 4 is 11.7 Å². The molecule has 0 unspecified atom stereocenters. The van der Waals surface area contributed by atoms with Gasteiger partial charge in [-0.3, -0.25) is 4.79 Å². The number of anilines is 1. The summed E-state index contributed by atoms with van der Waals surface area (Å²) in [4.78, 5) is 18.1. The van der Waals surface area contributed by atoms with Crippen molar-refractivity contribution in [3.63, 3.8) is 0 Å². The van der Waals surface area contributed by atoms with Crippen molar-refractivity contribution in [1.29, 1.82) is 5.26 Å². The quantitative estimate of drug-likeness (QED) is 0.925. The number of amides is 1. The monoisotopic (exact) mass is 336 g/mol. The van der Waals surface area contributed by atoms with Crippen LogP contribution >= 0.6 is 0 Å². The lowest BCUT2D eigenvalue weighted by Crippen LogP contribution is -2.38. The van der Waals surface area contributed by atoms with Crippen molar-refractivity contribution in [3.05, 3.63) is 53.7 Å². The molecule has 0 aliphatic carbocycles. The molecule has 2 atom stereocenters. The Labute approximate surface area is 147 Å². The Balaban J connectivity index is 1.84. The molecule has 2 aromatic rings. The number of ether oxygens (including phenoxy) is 1. The van der Waals surface area contributed by atoms with Crippen LogP contribution in [0.2, 0.25) is 0 Å². The van der Waals surface area contributed by atoms with E-state index in [2.05, 4.69) is 21.3 Å². The van der Waals surface area contributed by atoms with Crippen LogP contribution in [0.1, 0.15) is 24.0 Å². The maximum absolute atomic E-state index is 11.6. The van der Waals surface area contributed by atoms with Gasteiger partial charge in [-0.05, 0) is 29.8 Å². The molecule has 0 saturated carbocycles. The molecule has 1 aliphatic heterocycles. The van der Waals surface area contributed by atoms with Crippen LogP contribution in [-0.4, -0.2) is 37.1 Å². The summed E-state index contributed by atoms with van der Waals surface area (Å²) in [5.41, 5.74) is 1.68. The maximum Gasteiger partial charge on any atom is 0.217 e. The zero-order valence-electron chi connectivity index (χ0n) is 14.3. The minimum absolute atomic E-state index is 0.00309. The zero-order chi connectivity index (χ0) is 17.8. The molecule has 2 heterocycles. The summed E-state index contributed by atoms with van der Waals surface area (Å²) in [6.07, 6.45) is 1.57. The number of pyridine rings is 1. The van der Waals surface area contributed by atoms with Crippen LogP contribution in [-0.2, 0) is 4.79 Å². The van der Waals surface area contributed by atoms with Gasteiger partial charge < -0.3 is 15.0 Å². The molecule has 6 heteroatoms. The number of carbonyl (C=O) groups is 1. The average molecular weight is 336 g/mol. The highest BCUT2D eigenvalue weighted by molar-refractivity contribution is 5.73. The largest absolute Gasteiger partial charge is 0.497 e. The van der Waals surface area contributed by atoms with Crippen LogP contribution < -0.4 is 15.0 Å². The summed E-state index contributed by atoms with van der Waals surface area (Å²) >= 11 is 0. The molecule has 1 aromatic heterocycles. The Morgan fingerprint density at radius 1 is 1.28 bits per heavy atom. The van der Waals surface area contributed by atoms with Crippen molar-refractivity contribution in [1.82, 2.24) is 10.3 Å². The van der Waals surface area contributed by atoms with Crippen LogP contribution in [0.15, 0.2) is 42.6 Å². The molecule has 1 aromatic carbocycles. The number of nitrogens with zero attached hydrogens (tertiary/aromatic N) is 3. The van der Waals surface area contributed by atoms with Gasteiger partial charge in [0.1, 0.15) is 17.6 Å². The van der Waals surface area contributed by atoms with E-state index in [4.69, 9.17) is 10.00 Å². The molecule has 128 valence electrons. The number of aromatic nitrogens is 1. The molecule has 0 bridgehead atoms. The molecule has 0 spiro atoms. The normalized spacial score (nSPS) is 19.3. The van der Waals surface area contributed by atoms with Crippen LogP contribution in [0, 0.1) is 11.3 Å². The van der Waals surface area contributed by atoms with Crippen molar-refractivity contribution in [2.75, 3.05) is 25.1 Å². The minimum Gasteiger partial charge on any atom is -0.497 e. The Hall–Kier alpha value is -3.07. The highest BCUT2D eigenvalue weighted by Gasteiger charge is 2.35. The number of rotatable bonds is 4. The van der Waals surface area contributed by atoms with E-state index in [0.29, 0.717) is 12.1 Å². The minimum atomic E-state index is -0.0434. The molecule has 1 N–H and O–H groups in total. The summed E-state index contributed by atoms with van der Waals surface area (Å²) in [5.74, 6) is 1.74. The lowest BCUT2D eigenvalue weighted by Gasteiger charge is -2.19. The van der Waals surface area contributed by atoms with Gasteiger partial charge in [0.05, 0.1) is 18.7 Å². The van der Waals surface area contributed by atoms with E-state index in [9.17, 15) is 4.79 Å². The van der Waals surface area contributed by atoms with Crippen molar-refractivity contribution < 1.29 is 9.53 Å². The van der Waals surface area contributed by atoms with Crippen LogP contribution in [0.25, 0.3) is 0 Å². The Morgan fingerprint density at radius 2 is 2.04 bits per heavy atom. The summed E-state index contributed by atoms with van der Waals surface area (Å²) in [6, 6.07) is 13.6. The molecule has 1 saturated heterocycles. The van der Waals surface area contributed by atoms with Crippen molar-refractivity contribution in [3.8, 4) is 11.8 Å². The van der Waals surface area contributed by atoms with Gasteiger partial charge >= 0.3 is 0 Å². The standard InChI is InChI=1S/C19H20N4O2/c1-13(24)22-18-12-23(19-8-3-14(9-20)10-21-19)11-17(18)15-4-6-16(25-2)7-5-15/h3-8,10,17-18H,11-12H2,1-2H3,(H,22,24)/t17-,18+/m0/s1. The number of hydrogen-bond acceptors (Lipinski definition) is 5. The van der Waals surface area contributed by atoms with E-state index in [1.807, 2.05) is 30.3 Å². The molecule has 25 heavy (non-hydrogen) atoms. The highest BCUT2D eigenvalue weighted by Crippen LogP contribution is 2.31. The third-order valence-electron chi connectivity index (χ3n) is 4.45. The second-order valence-corrected chi connectivity index (χ2v) is 6.11. The van der Waals surface area contributed by atoms with Crippen LogP contribution in [0.3, 0.4) is 0 Å². The van der Waals surface area contributed by atoms with Gasteiger partial charge in [-0.1, -0.05) is 12.1 Å². The Morgan fingerprint density at radius 3 is 2.60 bits per heavy atom. The van der Waals surface area contributed by atoms with Crippen LogP contribution in [0.4, 0.5) is 5.82 Å². The SMILES string of the molecule is COc1ccc([C@@H]2CN(c3ccc(C#N)cn3)C[C@H]2NC(C)=O)cc1. The number of hydrogen-bond donors (Lipinski definition) is 1. The predicted octanol–water partition coefficient (Wildman–Crippen LogP) is 2.07. The number of benzene rings is 1. The van der Waals surface area contributed by atoms with Crippen molar-refractivity contribution in [2.24, 2.45) is 0 Å². The molecular formula is C19H20N4O2. The van der Waals surface area contributed by atoms with E-state index in [-0.39, 0.29) is 17.9 Å². The Kier molecular flexibility index (Phi) is 4.85. The average Bonchev–Trinajstić information content (AvgIpc) is 3.05. The molecule has 0 radical (unpaired) electrons. The summed E-state index contributed by atoms with van der Waals surface area (Å²) in [6.45, 7) is 2.96. The third-order valence-corrected chi connectivity index (χ3v) is 4.45. The zero-order valence-corrected chi connectivity index (χ0v) is 14.3. The van der Waals surface area contributed by atoms with Gasteiger partial charge in [-0.25, -0.2) is 4.98 Å². The fourth-order valence-electron chi connectivity index (χ4n) is 3.23. The smallest absolute Gasteiger partial charge is 0.217 e. The molecule has 1 amide bonds. The Bertz CT molecular complexity index is 781. The van der Waals surface area contributed by atoms with Gasteiger partial charge in [0.25, 0.3) is 0 Å². The number of methoxy groups -OCH3 is 1. The van der Waals surface area contributed by atoms with Gasteiger partial charge in [-0.15, -0.1) is 0 Å². The molecule has 1 aliphatic rings. The van der Waals surface area contributed by atoms with E-state index < -0.39 is 0 Å². The maximum atomic E-state index is 11.6. The first-order valence-electron chi connectivity index (χ1n) is 8.13. The first-order chi connectivity index (χ1) is 12.1.